The Labute approximate surface area is 263 Å². The highest BCUT2D eigenvalue weighted by Gasteiger charge is 2.80. The molecule has 2 aromatic rings. The van der Waals surface area contributed by atoms with Crippen molar-refractivity contribution in [1.82, 2.24) is 0 Å². The highest BCUT2D eigenvalue weighted by molar-refractivity contribution is 6.32. The van der Waals surface area contributed by atoms with Crippen molar-refractivity contribution in [2.75, 3.05) is 0 Å². The Hall–Kier alpha value is -3.78. The average Bonchev–Trinajstić information content (AvgIpc) is 2.97. The van der Waals surface area contributed by atoms with E-state index in [4.69, 9.17) is 0 Å². The highest BCUT2D eigenvalue weighted by Crippen LogP contribution is 2.70. The molecule has 0 heterocycles. The second-order valence-electron chi connectivity index (χ2n) is 14.0. The molecule has 0 aliphatic heterocycles. The third kappa shape index (κ3) is 4.35. The SMILES string of the molecule is CCC(=O)C[C@@H]1[C@]2(C)C(C(=O)c3c(O)cccc3[C@H]2CCc2ccccc2)C(=O)[C@@]2(O)C(=O)C(C(C)=O)C(=O)C(C(C)C)[C@@]12C. The minimum absolute atomic E-state index is 0.0398. The first-order chi connectivity index (χ1) is 21.1. The fourth-order valence-electron chi connectivity index (χ4n) is 9.57. The molecule has 0 spiro atoms. The van der Waals surface area contributed by atoms with Crippen LogP contribution in [0.2, 0.25) is 0 Å². The normalized spacial score (nSPS) is 34.3. The molecule has 3 aliphatic carbocycles. The van der Waals surface area contributed by atoms with Gasteiger partial charge in [0.25, 0.3) is 0 Å². The Morgan fingerprint density at radius 3 is 2.16 bits per heavy atom. The Morgan fingerprint density at radius 1 is 0.933 bits per heavy atom. The minimum atomic E-state index is -2.89. The molecule has 238 valence electrons. The third-order valence-corrected chi connectivity index (χ3v) is 11.5. The number of Topliss-reactive ketones (excluding diaryl/α,β-unsaturated/α-hetero) is 6. The van der Waals surface area contributed by atoms with E-state index in [2.05, 4.69) is 0 Å². The van der Waals surface area contributed by atoms with Gasteiger partial charge in [0.15, 0.2) is 28.7 Å². The molecule has 0 bridgehead atoms. The topological polar surface area (TPSA) is 143 Å². The monoisotopic (exact) mass is 614 g/mol. The van der Waals surface area contributed by atoms with Crippen LogP contribution in [0.25, 0.3) is 0 Å². The van der Waals surface area contributed by atoms with Crippen molar-refractivity contribution in [3.8, 4) is 5.75 Å². The number of phenolic OH excluding ortho intramolecular Hbond substituents is 1. The molecule has 2 fully saturated rings. The summed E-state index contributed by atoms with van der Waals surface area (Å²) < 4.78 is 0. The van der Waals surface area contributed by atoms with Crippen LogP contribution in [0.4, 0.5) is 0 Å². The molecule has 8 nitrogen and oxygen atoms in total. The summed E-state index contributed by atoms with van der Waals surface area (Å²) in [6.07, 6.45) is 0.902. The Balaban J connectivity index is 1.86. The number of aliphatic hydroxyl groups is 1. The van der Waals surface area contributed by atoms with Crippen molar-refractivity contribution in [2.24, 2.45) is 40.4 Å². The standard InChI is InChI=1S/C37H42O8/c1-7-22(39)18-26-35(5)24(17-16-21-12-9-8-10-13-21)23-14-11-15-25(40)28(23)32(42)30(35)34(44)37(45)33(43)27(20(4)38)31(41)29(19(2)3)36(26,37)6/h8-15,19,24,26-27,29-30,40,45H,7,16-18H2,1-6H3/t24-,26-,27?,29?,30?,35-,36-,37+/m1/s1. The molecule has 0 radical (unpaired) electrons. The van der Waals surface area contributed by atoms with Gasteiger partial charge in [-0.15, -0.1) is 0 Å². The minimum Gasteiger partial charge on any atom is -0.507 e. The molecule has 45 heavy (non-hydrogen) atoms. The lowest BCUT2D eigenvalue weighted by Gasteiger charge is -2.67. The maximum Gasteiger partial charge on any atom is 0.190 e. The van der Waals surface area contributed by atoms with Crippen molar-refractivity contribution in [2.45, 2.75) is 78.7 Å². The molecule has 3 aliphatic rings. The fourth-order valence-corrected chi connectivity index (χ4v) is 9.57. The van der Waals surface area contributed by atoms with E-state index < -0.39 is 80.9 Å². The smallest absolute Gasteiger partial charge is 0.190 e. The quantitative estimate of drug-likeness (QED) is 0.402. The Bertz CT molecular complexity index is 1610. The number of ketones is 6. The maximum absolute atomic E-state index is 15.0. The zero-order valence-electron chi connectivity index (χ0n) is 26.8. The van der Waals surface area contributed by atoms with Gasteiger partial charge in [0.1, 0.15) is 23.2 Å². The highest BCUT2D eigenvalue weighted by atomic mass is 16.3. The van der Waals surface area contributed by atoms with Crippen molar-refractivity contribution < 1.29 is 39.0 Å². The van der Waals surface area contributed by atoms with Gasteiger partial charge in [-0.1, -0.05) is 77.1 Å². The van der Waals surface area contributed by atoms with Gasteiger partial charge >= 0.3 is 0 Å². The molecule has 3 unspecified atom stereocenters. The van der Waals surface area contributed by atoms with Crippen molar-refractivity contribution >= 4 is 34.7 Å². The zero-order valence-corrected chi connectivity index (χ0v) is 26.8. The predicted molar refractivity (Wildman–Crippen MR) is 166 cm³/mol. The van der Waals surface area contributed by atoms with Gasteiger partial charge in [0, 0.05) is 24.2 Å². The first-order valence-electron chi connectivity index (χ1n) is 15.9. The molecule has 8 atom stereocenters. The predicted octanol–water partition coefficient (Wildman–Crippen LogP) is 4.86. The largest absolute Gasteiger partial charge is 0.507 e. The van der Waals surface area contributed by atoms with E-state index in [1.54, 1.807) is 39.8 Å². The number of hydrogen-bond donors (Lipinski definition) is 2. The summed E-state index contributed by atoms with van der Waals surface area (Å²) in [5.41, 5.74) is -4.55. The second-order valence-corrected chi connectivity index (χ2v) is 14.0. The first-order valence-corrected chi connectivity index (χ1v) is 15.9. The number of hydrogen-bond acceptors (Lipinski definition) is 8. The summed E-state index contributed by atoms with van der Waals surface area (Å²) in [5.74, 6) is -11.7. The first kappa shape index (κ1) is 32.6. The van der Waals surface area contributed by atoms with Crippen LogP contribution in [0.3, 0.4) is 0 Å². The summed E-state index contributed by atoms with van der Waals surface area (Å²) in [6, 6.07) is 14.4. The summed E-state index contributed by atoms with van der Waals surface area (Å²) >= 11 is 0. The van der Waals surface area contributed by atoms with Crippen LogP contribution in [-0.4, -0.2) is 50.5 Å². The van der Waals surface area contributed by atoms with Crippen molar-refractivity contribution in [3.63, 3.8) is 0 Å². The summed E-state index contributed by atoms with van der Waals surface area (Å²) in [4.78, 5) is 84.1. The van der Waals surface area contributed by atoms with E-state index in [0.717, 1.165) is 12.5 Å². The van der Waals surface area contributed by atoms with Crippen LogP contribution in [0.5, 0.6) is 5.75 Å². The molecule has 0 amide bonds. The van der Waals surface area contributed by atoms with Crippen LogP contribution in [0.15, 0.2) is 48.5 Å². The van der Waals surface area contributed by atoms with E-state index >= 15 is 0 Å². The summed E-state index contributed by atoms with van der Waals surface area (Å²) in [6.45, 7) is 9.57. The van der Waals surface area contributed by atoms with Crippen LogP contribution in [0.1, 0.15) is 88.2 Å². The molecule has 2 saturated carbocycles. The van der Waals surface area contributed by atoms with E-state index in [-0.39, 0.29) is 29.9 Å². The molecule has 5 rings (SSSR count). The van der Waals surface area contributed by atoms with E-state index in [0.29, 0.717) is 18.4 Å². The van der Waals surface area contributed by atoms with E-state index in [1.807, 2.05) is 30.3 Å². The number of carbonyl (C=O) groups is 6. The number of fused-ring (bicyclic) bond motifs is 3. The lowest BCUT2D eigenvalue weighted by Crippen LogP contribution is -2.80. The third-order valence-electron chi connectivity index (χ3n) is 11.5. The van der Waals surface area contributed by atoms with Crippen molar-refractivity contribution in [3.05, 3.63) is 65.2 Å². The van der Waals surface area contributed by atoms with Gasteiger partial charge in [0.05, 0.1) is 11.5 Å². The van der Waals surface area contributed by atoms with Gasteiger partial charge in [-0.2, -0.15) is 0 Å². The molecular weight excluding hydrogens is 572 g/mol. The average molecular weight is 615 g/mol. The van der Waals surface area contributed by atoms with Gasteiger partial charge in [-0.3, -0.25) is 28.8 Å². The molecule has 0 saturated heterocycles. The molecular formula is C37H42O8. The number of aryl methyl sites for hydroxylation is 1. The lowest BCUT2D eigenvalue weighted by molar-refractivity contribution is -0.226. The number of carbonyl (C=O) groups excluding carboxylic acids is 6. The molecule has 0 aromatic heterocycles. The molecule has 2 aromatic carbocycles. The number of phenols is 1. The van der Waals surface area contributed by atoms with Gasteiger partial charge in [0.2, 0.25) is 0 Å². The number of rotatable bonds is 8. The van der Waals surface area contributed by atoms with Gasteiger partial charge in [-0.25, -0.2) is 0 Å². The van der Waals surface area contributed by atoms with Crippen LogP contribution >= 0.6 is 0 Å². The number of benzene rings is 2. The van der Waals surface area contributed by atoms with Gasteiger partial charge < -0.3 is 10.2 Å². The van der Waals surface area contributed by atoms with E-state index in [9.17, 15) is 39.0 Å². The molecule has 8 heteroatoms. The van der Waals surface area contributed by atoms with E-state index in [1.165, 1.54) is 13.0 Å². The summed E-state index contributed by atoms with van der Waals surface area (Å²) in [5, 5.41) is 23.7. The Kier molecular flexibility index (Phi) is 8.14. The number of aromatic hydroxyl groups is 1. The lowest BCUT2D eigenvalue weighted by atomic mass is 9.33. The maximum atomic E-state index is 15.0. The zero-order chi connectivity index (χ0) is 33.2. The summed E-state index contributed by atoms with van der Waals surface area (Å²) in [7, 11) is 0. The van der Waals surface area contributed by atoms with Crippen LogP contribution < -0.4 is 0 Å². The van der Waals surface area contributed by atoms with Crippen molar-refractivity contribution in [1.29, 1.82) is 0 Å². The fraction of sp³-hybridized carbons (Fsp3) is 0.514. The van der Waals surface area contributed by atoms with Crippen LogP contribution in [-0.2, 0) is 30.4 Å². The second kappa shape index (κ2) is 11.2. The molecule has 2 N–H and O–H groups in total. The Morgan fingerprint density at radius 2 is 1.58 bits per heavy atom. The van der Waals surface area contributed by atoms with Gasteiger partial charge in [-0.05, 0) is 60.1 Å². The van der Waals surface area contributed by atoms with Crippen LogP contribution in [0, 0.1) is 40.4 Å².